The van der Waals surface area contributed by atoms with Gasteiger partial charge in [-0.1, -0.05) is 56.1 Å². The van der Waals surface area contributed by atoms with E-state index in [2.05, 4.69) is 10.6 Å². The van der Waals surface area contributed by atoms with Gasteiger partial charge < -0.3 is 10.6 Å². The summed E-state index contributed by atoms with van der Waals surface area (Å²) < 4.78 is 0. The van der Waals surface area contributed by atoms with Crippen LogP contribution >= 0.6 is 35.0 Å². The quantitative estimate of drug-likeness (QED) is 0.506. The van der Waals surface area contributed by atoms with Crippen LogP contribution in [0.5, 0.6) is 0 Å². The molecule has 0 bridgehead atoms. The predicted octanol–water partition coefficient (Wildman–Crippen LogP) is 6.49. The fourth-order valence-electron chi connectivity index (χ4n) is 2.43. The van der Waals surface area contributed by atoms with Crippen LogP contribution in [0.3, 0.4) is 0 Å². The Morgan fingerprint density at radius 3 is 2.43 bits per heavy atom. The highest BCUT2D eigenvalue weighted by Crippen LogP contribution is 2.31. The SMILES string of the molecule is CC(Sc1cccc(NC(=O)CC(C)(C)C)c1)C(=O)Nc1cccc(Cl)c1Cl. The van der Waals surface area contributed by atoms with Gasteiger partial charge in [0.05, 0.1) is 21.0 Å². The third-order valence-electron chi connectivity index (χ3n) is 3.70. The number of thioether (sulfide) groups is 1. The fourth-order valence-corrected chi connectivity index (χ4v) is 3.70. The molecule has 2 aromatic rings. The summed E-state index contributed by atoms with van der Waals surface area (Å²) in [7, 11) is 0. The minimum Gasteiger partial charge on any atom is -0.326 e. The normalized spacial score (nSPS) is 12.4. The maximum absolute atomic E-state index is 12.5. The Labute approximate surface area is 180 Å². The summed E-state index contributed by atoms with van der Waals surface area (Å²) in [5.74, 6) is -0.215. The molecule has 2 aromatic carbocycles. The Bertz CT molecular complexity index is 866. The van der Waals surface area contributed by atoms with Crippen LogP contribution in [0.25, 0.3) is 0 Å². The monoisotopic (exact) mass is 438 g/mol. The number of nitrogens with one attached hydrogen (secondary N) is 2. The molecule has 0 saturated heterocycles. The number of halogens is 2. The van der Waals surface area contributed by atoms with Gasteiger partial charge in [-0.2, -0.15) is 0 Å². The second-order valence-electron chi connectivity index (χ2n) is 7.66. The predicted molar refractivity (Wildman–Crippen MR) is 120 cm³/mol. The van der Waals surface area contributed by atoms with Gasteiger partial charge in [-0.25, -0.2) is 0 Å². The molecule has 0 heterocycles. The van der Waals surface area contributed by atoms with Crippen molar-refractivity contribution in [2.24, 2.45) is 5.41 Å². The molecule has 0 aliphatic carbocycles. The Morgan fingerprint density at radius 1 is 1.07 bits per heavy atom. The van der Waals surface area contributed by atoms with E-state index >= 15 is 0 Å². The lowest BCUT2D eigenvalue weighted by atomic mass is 9.92. The second-order valence-corrected chi connectivity index (χ2v) is 9.86. The Balaban J connectivity index is 1.99. The largest absolute Gasteiger partial charge is 0.326 e. The first-order valence-corrected chi connectivity index (χ1v) is 10.5. The minimum atomic E-state index is -0.365. The van der Waals surface area contributed by atoms with Crippen LogP contribution in [0, 0.1) is 5.41 Å². The zero-order chi connectivity index (χ0) is 20.9. The van der Waals surface area contributed by atoms with Crippen LogP contribution in [0.1, 0.15) is 34.1 Å². The summed E-state index contributed by atoms with van der Waals surface area (Å²) in [5.41, 5.74) is 1.12. The van der Waals surface area contributed by atoms with Gasteiger partial charge in [0.15, 0.2) is 0 Å². The van der Waals surface area contributed by atoms with E-state index in [1.807, 2.05) is 52.0 Å². The van der Waals surface area contributed by atoms with Gasteiger partial charge in [0.1, 0.15) is 0 Å². The van der Waals surface area contributed by atoms with Crippen molar-refractivity contribution in [1.29, 1.82) is 0 Å². The molecule has 7 heteroatoms. The van der Waals surface area contributed by atoms with Crippen molar-refractivity contribution in [3.63, 3.8) is 0 Å². The molecule has 1 atom stereocenters. The van der Waals surface area contributed by atoms with E-state index in [1.54, 1.807) is 18.2 Å². The topological polar surface area (TPSA) is 58.2 Å². The molecular weight excluding hydrogens is 415 g/mol. The van der Waals surface area contributed by atoms with Crippen molar-refractivity contribution < 1.29 is 9.59 Å². The van der Waals surface area contributed by atoms with Crippen molar-refractivity contribution in [2.75, 3.05) is 10.6 Å². The van der Waals surface area contributed by atoms with Crippen LogP contribution in [-0.4, -0.2) is 17.1 Å². The standard InChI is InChI=1S/C21H24Cl2N2O2S/c1-13(20(27)25-17-10-6-9-16(22)19(17)23)28-15-8-5-7-14(11-15)24-18(26)12-21(2,3)4/h5-11,13H,12H2,1-4H3,(H,24,26)(H,25,27). The first-order valence-electron chi connectivity index (χ1n) is 8.86. The van der Waals surface area contributed by atoms with Crippen LogP contribution < -0.4 is 10.6 Å². The van der Waals surface area contributed by atoms with Crippen molar-refractivity contribution in [2.45, 2.75) is 44.3 Å². The number of hydrogen-bond donors (Lipinski definition) is 2. The van der Waals surface area contributed by atoms with Gasteiger partial charge in [-0.05, 0) is 42.7 Å². The highest BCUT2D eigenvalue weighted by molar-refractivity contribution is 8.00. The van der Waals surface area contributed by atoms with Gasteiger partial charge in [-0.15, -0.1) is 11.8 Å². The fraction of sp³-hybridized carbons (Fsp3) is 0.333. The Hall–Kier alpha value is -1.69. The Morgan fingerprint density at radius 2 is 1.75 bits per heavy atom. The summed E-state index contributed by atoms with van der Waals surface area (Å²) in [6.45, 7) is 7.87. The van der Waals surface area contributed by atoms with Gasteiger partial charge in [0, 0.05) is 17.0 Å². The summed E-state index contributed by atoms with van der Waals surface area (Å²) in [4.78, 5) is 25.5. The lowest BCUT2D eigenvalue weighted by molar-refractivity contribution is -0.118. The van der Waals surface area contributed by atoms with E-state index in [0.29, 0.717) is 27.8 Å². The van der Waals surface area contributed by atoms with Crippen LogP contribution in [-0.2, 0) is 9.59 Å². The number of rotatable bonds is 6. The van der Waals surface area contributed by atoms with Crippen LogP contribution in [0.15, 0.2) is 47.4 Å². The van der Waals surface area contributed by atoms with Gasteiger partial charge in [-0.3, -0.25) is 9.59 Å². The molecule has 0 aromatic heterocycles. The van der Waals surface area contributed by atoms with Crippen molar-refractivity contribution in [3.05, 3.63) is 52.5 Å². The number of hydrogen-bond acceptors (Lipinski definition) is 3. The van der Waals surface area contributed by atoms with Crippen LogP contribution in [0.4, 0.5) is 11.4 Å². The molecule has 0 fully saturated rings. The average molecular weight is 439 g/mol. The molecule has 2 N–H and O–H groups in total. The highest BCUT2D eigenvalue weighted by Gasteiger charge is 2.18. The van der Waals surface area contributed by atoms with E-state index < -0.39 is 0 Å². The lowest BCUT2D eigenvalue weighted by Gasteiger charge is -2.17. The summed E-state index contributed by atoms with van der Waals surface area (Å²) in [5, 5.41) is 6.05. The number of anilines is 2. The number of benzene rings is 2. The van der Waals surface area contributed by atoms with E-state index in [-0.39, 0.29) is 22.5 Å². The van der Waals surface area contributed by atoms with E-state index in [0.717, 1.165) is 4.90 Å². The van der Waals surface area contributed by atoms with E-state index in [4.69, 9.17) is 23.2 Å². The molecular formula is C21H24Cl2N2O2S. The second kappa shape index (κ2) is 9.68. The molecule has 2 amide bonds. The zero-order valence-electron chi connectivity index (χ0n) is 16.3. The molecule has 0 aliphatic rings. The number of carbonyl (C=O) groups excluding carboxylic acids is 2. The molecule has 28 heavy (non-hydrogen) atoms. The summed E-state index contributed by atoms with van der Waals surface area (Å²) >= 11 is 13.5. The highest BCUT2D eigenvalue weighted by atomic mass is 35.5. The zero-order valence-corrected chi connectivity index (χ0v) is 18.6. The van der Waals surface area contributed by atoms with Gasteiger partial charge >= 0.3 is 0 Å². The summed E-state index contributed by atoms with van der Waals surface area (Å²) in [6.07, 6.45) is 0.434. The molecule has 0 aliphatic heterocycles. The third-order valence-corrected chi connectivity index (χ3v) is 5.61. The minimum absolute atomic E-state index is 0.0314. The molecule has 0 saturated carbocycles. The smallest absolute Gasteiger partial charge is 0.237 e. The number of amides is 2. The maximum atomic E-state index is 12.5. The molecule has 0 radical (unpaired) electrons. The first kappa shape index (κ1) is 22.6. The molecule has 0 spiro atoms. The first-order chi connectivity index (χ1) is 13.0. The van der Waals surface area contributed by atoms with Crippen molar-refractivity contribution in [3.8, 4) is 0 Å². The third kappa shape index (κ3) is 7.04. The van der Waals surface area contributed by atoms with Gasteiger partial charge in [0.2, 0.25) is 11.8 Å². The number of carbonyl (C=O) groups is 2. The average Bonchev–Trinajstić information content (AvgIpc) is 2.57. The molecule has 2 rings (SSSR count). The van der Waals surface area contributed by atoms with Crippen LogP contribution in [0.2, 0.25) is 10.0 Å². The maximum Gasteiger partial charge on any atom is 0.237 e. The van der Waals surface area contributed by atoms with Gasteiger partial charge in [0.25, 0.3) is 0 Å². The van der Waals surface area contributed by atoms with E-state index in [1.165, 1.54) is 11.8 Å². The lowest BCUT2D eigenvalue weighted by Crippen LogP contribution is -2.22. The molecule has 150 valence electrons. The van der Waals surface area contributed by atoms with Crippen molar-refractivity contribution >= 4 is 58.2 Å². The van der Waals surface area contributed by atoms with Crippen molar-refractivity contribution in [1.82, 2.24) is 0 Å². The Kier molecular flexibility index (Phi) is 7.81. The summed E-state index contributed by atoms with van der Waals surface area (Å²) in [6, 6.07) is 12.5. The molecule has 1 unspecified atom stereocenters. The molecule has 4 nitrogen and oxygen atoms in total. The van der Waals surface area contributed by atoms with E-state index in [9.17, 15) is 9.59 Å².